The number of amides is 4. The average Bonchev–Trinajstić information content (AvgIpc) is 3.91. The van der Waals surface area contributed by atoms with Gasteiger partial charge in [0.1, 0.15) is 0 Å². The van der Waals surface area contributed by atoms with Crippen LogP contribution in [0.2, 0.25) is 0 Å². The Morgan fingerprint density at radius 2 is 1.01 bits per heavy atom. The minimum Gasteiger partial charge on any atom is -0.490 e. The Morgan fingerprint density at radius 1 is 0.565 bits per heavy atom. The van der Waals surface area contributed by atoms with Gasteiger partial charge in [-0.25, -0.2) is 4.79 Å². The van der Waals surface area contributed by atoms with E-state index in [9.17, 15) is 14.4 Å². The third-order valence-corrected chi connectivity index (χ3v) is 12.1. The number of carbonyl (C=O) groups is 3. The number of unbranched alkanes of at least 4 members (excludes halogenated alkanes) is 7. The summed E-state index contributed by atoms with van der Waals surface area (Å²) in [5.41, 5.74) is 0.377. The molecule has 69 heavy (non-hydrogen) atoms. The highest BCUT2D eigenvalue weighted by atomic mass is 32.2. The molecule has 3 unspecified atom stereocenters. The lowest BCUT2D eigenvalue weighted by atomic mass is 10.0. The molecule has 3 atom stereocenters. The van der Waals surface area contributed by atoms with E-state index in [2.05, 4.69) is 39.0 Å². The number of benzene rings is 1. The molecule has 18 heteroatoms. The second-order valence-corrected chi connectivity index (χ2v) is 17.4. The molecule has 17 nitrogen and oxygen atoms in total. The van der Waals surface area contributed by atoms with E-state index in [1.54, 1.807) is 12.1 Å². The van der Waals surface area contributed by atoms with E-state index in [0.717, 1.165) is 63.5 Å². The summed E-state index contributed by atoms with van der Waals surface area (Å²) >= 11 is 1.90. The Labute approximate surface area is 415 Å². The maximum atomic E-state index is 13.3. The second-order valence-electron chi connectivity index (χ2n) is 16.1. The van der Waals surface area contributed by atoms with Gasteiger partial charge in [-0.05, 0) is 63.5 Å². The number of thioether (sulfide) groups is 1. The fourth-order valence-corrected chi connectivity index (χ4v) is 8.52. The van der Waals surface area contributed by atoms with Crippen LogP contribution in [0.4, 0.5) is 4.79 Å². The number of carbonyl (C=O) groups excluding carboxylic acids is 3. The largest absolute Gasteiger partial charge is 0.490 e. The lowest BCUT2D eigenvalue weighted by Crippen LogP contribution is -2.36. The summed E-state index contributed by atoms with van der Waals surface area (Å²) in [4.78, 5) is 36.9. The van der Waals surface area contributed by atoms with Crippen molar-refractivity contribution in [3.63, 3.8) is 0 Å². The number of fused-ring (bicyclic) bond motifs is 1. The van der Waals surface area contributed by atoms with Gasteiger partial charge in [0.2, 0.25) is 11.7 Å². The first kappa shape index (κ1) is 58.9. The Bertz CT molecular complexity index is 1640. The first-order valence-corrected chi connectivity index (χ1v) is 25.7. The van der Waals surface area contributed by atoms with Gasteiger partial charge in [0, 0.05) is 55.3 Å². The van der Waals surface area contributed by atoms with Gasteiger partial charge in [0.15, 0.2) is 11.5 Å². The number of rotatable bonds is 45. The quantitative estimate of drug-likeness (QED) is 0.0391. The number of hydrogen-bond donors (Lipinski definition) is 4. The molecule has 4 N–H and O–H groups in total. The highest BCUT2D eigenvalue weighted by molar-refractivity contribution is 8.00. The Kier molecular flexibility index (Phi) is 34.4. The van der Waals surface area contributed by atoms with Crippen LogP contribution in [-0.4, -0.2) is 166 Å². The fourth-order valence-electron chi connectivity index (χ4n) is 6.98. The molecule has 0 aromatic heterocycles. The van der Waals surface area contributed by atoms with Crippen molar-refractivity contribution in [2.24, 2.45) is 0 Å². The summed E-state index contributed by atoms with van der Waals surface area (Å²) in [6.07, 6.45) is 26.2. The van der Waals surface area contributed by atoms with Crippen LogP contribution < -0.4 is 35.5 Å². The molecule has 4 amide bonds. The number of hydrogen-bond acceptors (Lipinski definition) is 14. The highest BCUT2D eigenvalue weighted by Gasteiger charge is 2.42. The summed E-state index contributed by atoms with van der Waals surface area (Å²) < 4.78 is 57.3. The zero-order chi connectivity index (χ0) is 49.3. The number of terminal acetylenes is 3. The Balaban J connectivity index is 1.11. The SMILES string of the molecule is C#CCCCCOc1cc(C(=O)NCCOCCOCCOCCOCCOCCOCCOCCNC(=O)CCCCC2SCC3NC(=O)NC32)cc(OCCCCC#C)c1OCCCCC#C. The van der Waals surface area contributed by atoms with Crippen molar-refractivity contribution in [2.75, 3.05) is 131 Å². The predicted molar refractivity (Wildman–Crippen MR) is 266 cm³/mol. The number of nitrogens with one attached hydrogen (secondary N) is 4. The van der Waals surface area contributed by atoms with E-state index in [1.807, 2.05) is 11.8 Å². The first-order valence-electron chi connectivity index (χ1n) is 24.6. The summed E-state index contributed by atoms with van der Waals surface area (Å²) in [6, 6.07) is 3.73. The third kappa shape index (κ3) is 28.1. The fraction of sp³-hybridized carbons (Fsp3) is 0.706. The first-order chi connectivity index (χ1) is 34.0. The molecule has 0 spiro atoms. The molecular weight excluding hydrogens is 909 g/mol. The Morgan fingerprint density at radius 3 is 1.49 bits per heavy atom. The predicted octanol–water partition coefficient (Wildman–Crippen LogP) is 4.92. The van der Waals surface area contributed by atoms with Crippen molar-refractivity contribution in [2.45, 2.75) is 101 Å². The van der Waals surface area contributed by atoms with Crippen molar-refractivity contribution in [1.82, 2.24) is 21.3 Å². The second kappa shape index (κ2) is 40.3. The summed E-state index contributed by atoms with van der Waals surface area (Å²) in [7, 11) is 0. The Hall–Kier alpha value is -4.42. The van der Waals surface area contributed by atoms with Crippen molar-refractivity contribution in [1.29, 1.82) is 0 Å². The lowest BCUT2D eigenvalue weighted by Gasteiger charge is -2.19. The van der Waals surface area contributed by atoms with Crippen LogP contribution in [0.25, 0.3) is 0 Å². The minimum atomic E-state index is -0.296. The minimum absolute atomic E-state index is 0.0321. The molecule has 0 bridgehead atoms. The summed E-state index contributed by atoms with van der Waals surface area (Å²) in [5.74, 6) is 9.94. The van der Waals surface area contributed by atoms with Crippen molar-refractivity contribution >= 4 is 29.6 Å². The van der Waals surface area contributed by atoms with Crippen LogP contribution in [0, 0.1) is 37.0 Å². The van der Waals surface area contributed by atoms with Gasteiger partial charge in [-0.3, -0.25) is 9.59 Å². The molecular formula is C51H78N4O13S. The highest BCUT2D eigenvalue weighted by Crippen LogP contribution is 2.40. The van der Waals surface area contributed by atoms with Crippen molar-refractivity contribution < 1.29 is 61.8 Å². The molecule has 1 aromatic carbocycles. The molecule has 0 aliphatic carbocycles. The van der Waals surface area contributed by atoms with Crippen molar-refractivity contribution in [3.05, 3.63) is 17.7 Å². The van der Waals surface area contributed by atoms with E-state index < -0.39 is 0 Å². The summed E-state index contributed by atoms with van der Waals surface area (Å²) in [5, 5.41) is 12.2. The van der Waals surface area contributed by atoms with Gasteiger partial charge in [-0.2, -0.15) is 11.8 Å². The third-order valence-electron chi connectivity index (χ3n) is 10.6. The maximum Gasteiger partial charge on any atom is 0.315 e. The van der Waals surface area contributed by atoms with Crippen LogP contribution in [0.1, 0.15) is 93.8 Å². The topological polar surface area (TPSA) is 192 Å². The van der Waals surface area contributed by atoms with Crippen LogP contribution in [-0.2, 0) is 38.0 Å². The average molecular weight is 987 g/mol. The molecule has 2 aliphatic rings. The number of urea groups is 1. The van der Waals surface area contributed by atoms with Gasteiger partial charge in [-0.1, -0.05) is 6.42 Å². The molecule has 2 saturated heterocycles. The smallest absolute Gasteiger partial charge is 0.315 e. The van der Waals surface area contributed by atoms with E-state index >= 15 is 0 Å². The maximum absolute atomic E-state index is 13.3. The van der Waals surface area contributed by atoms with Crippen LogP contribution >= 0.6 is 11.8 Å². The van der Waals surface area contributed by atoms with E-state index in [-0.39, 0.29) is 29.9 Å². The van der Waals surface area contributed by atoms with E-state index in [0.29, 0.717) is 179 Å². The standard InChI is InChI=1S/C51H78N4O13S/c1-4-7-10-15-22-66-44-39-42(40-45(67-23-16-11-8-5-2)49(44)68-24-17-12-9-6-3)50(57)53-21-26-60-28-30-62-32-34-64-36-38-65-37-35-63-33-31-61-29-27-59-25-20-52-47(56)19-14-13-18-46-48-43(41-69-46)54-51(58)55-48/h1-3,39-40,43,46,48H,7-38,41H2,(H,52,56)(H,53,57)(H2,54,55,58). The van der Waals surface area contributed by atoms with E-state index in [1.165, 1.54) is 0 Å². The van der Waals surface area contributed by atoms with Gasteiger partial charge in [0.05, 0.1) is 124 Å². The van der Waals surface area contributed by atoms with Gasteiger partial charge in [0.25, 0.3) is 5.91 Å². The molecule has 386 valence electrons. The molecule has 2 aliphatic heterocycles. The van der Waals surface area contributed by atoms with Gasteiger partial charge in [-0.15, -0.1) is 37.0 Å². The molecule has 2 fully saturated rings. The zero-order valence-electron chi connectivity index (χ0n) is 40.7. The lowest BCUT2D eigenvalue weighted by molar-refractivity contribution is -0.121. The van der Waals surface area contributed by atoms with E-state index in [4.69, 9.17) is 66.6 Å². The monoisotopic (exact) mass is 987 g/mol. The van der Waals surface area contributed by atoms with Crippen molar-refractivity contribution in [3.8, 4) is 54.3 Å². The molecule has 0 saturated carbocycles. The summed E-state index contributed by atoms with van der Waals surface area (Å²) in [6.45, 7) is 7.94. The molecule has 2 heterocycles. The zero-order valence-corrected chi connectivity index (χ0v) is 41.5. The normalized spacial score (nSPS) is 15.8. The van der Waals surface area contributed by atoms with Gasteiger partial charge >= 0.3 is 6.03 Å². The molecule has 1 aromatic rings. The van der Waals surface area contributed by atoms with Crippen LogP contribution in [0.5, 0.6) is 17.2 Å². The molecule has 3 rings (SSSR count). The molecule has 0 radical (unpaired) electrons. The van der Waals surface area contributed by atoms with Crippen LogP contribution in [0.3, 0.4) is 0 Å². The van der Waals surface area contributed by atoms with Crippen LogP contribution in [0.15, 0.2) is 12.1 Å². The number of ether oxygens (including phenoxy) is 10. The van der Waals surface area contributed by atoms with Gasteiger partial charge < -0.3 is 68.6 Å².